The lowest BCUT2D eigenvalue weighted by Gasteiger charge is -2.11. The molecule has 1 aromatic heterocycles. The van der Waals surface area contributed by atoms with E-state index in [1.54, 1.807) is 31.5 Å². The van der Waals surface area contributed by atoms with Crippen molar-refractivity contribution in [3.8, 4) is 11.6 Å². The lowest BCUT2D eigenvalue weighted by Crippen LogP contribution is -2.23. The Morgan fingerprint density at radius 3 is 2.52 bits per heavy atom. The van der Waals surface area contributed by atoms with E-state index in [2.05, 4.69) is 10.3 Å². The first-order valence-electron chi connectivity index (χ1n) is 9.15. The van der Waals surface area contributed by atoms with Gasteiger partial charge in [0.2, 0.25) is 11.8 Å². The summed E-state index contributed by atoms with van der Waals surface area (Å²) in [5.41, 5.74) is 0.791. The monoisotopic (exact) mass is 422 g/mol. The van der Waals surface area contributed by atoms with Crippen LogP contribution in [0.25, 0.3) is 0 Å². The van der Waals surface area contributed by atoms with E-state index in [4.69, 9.17) is 14.2 Å². The molecule has 29 heavy (non-hydrogen) atoms. The van der Waals surface area contributed by atoms with E-state index < -0.39 is 9.84 Å². The van der Waals surface area contributed by atoms with Crippen molar-refractivity contribution in [2.75, 3.05) is 33.2 Å². The van der Waals surface area contributed by atoms with E-state index in [0.717, 1.165) is 11.8 Å². The van der Waals surface area contributed by atoms with Gasteiger partial charge in [-0.3, -0.25) is 4.79 Å². The molecule has 1 aromatic carbocycles. The summed E-state index contributed by atoms with van der Waals surface area (Å²) >= 11 is 0. The van der Waals surface area contributed by atoms with Crippen LogP contribution in [-0.4, -0.2) is 52.5 Å². The number of carbonyl (C=O) groups excluding carboxylic acids is 1. The van der Waals surface area contributed by atoms with Crippen LogP contribution < -0.4 is 14.8 Å². The second-order valence-corrected chi connectivity index (χ2v) is 8.30. The molecule has 2 rings (SSSR count). The Labute approximate surface area is 171 Å². The number of sulfone groups is 1. The zero-order valence-corrected chi connectivity index (χ0v) is 17.4. The number of ether oxygens (including phenoxy) is 3. The lowest BCUT2D eigenvalue weighted by atomic mass is 10.2. The van der Waals surface area contributed by atoms with Crippen LogP contribution in [0, 0.1) is 0 Å². The highest BCUT2D eigenvalue weighted by Crippen LogP contribution is 2.16. The van der Waals surface area contributed by atoms with E-state index in [0.29, 0.717) is 50.8 Å². The molecule has 0 aliphatic rings. The summed E-state index contributed by atoms with van der Waals surface area (Å²) in [6, 6.07) is 9.83. The largest absolute Gasteiger partial charge is 0.494 e. The van der Waals surface area contributed by atoms with E-state index in [9.17, 15) is 13.2 Å². The number of rotatable bonds is 12. The fourth-order valence-corrected chi connectivity index (χ4v) is 3.03. The average Bonchev–Trinajstić information content (AvgIpc) is 2.70. The van der Waals surface area contributed by atoms with Gasteiger partial charge in [0, 0.05) is 38.1 Å². The van der Waals surface area contributed by atoms with Crippen LogP contribution in [-0.2, 0) is 25.9 Å². The maximum absolute atomic E-state index is 12.0. The minimum Gasteiger partial charge on any atom is -0.494 e. The zero-order chi connectivity index (χ0) is 21.1. The third kappa shape index (κ3) is 8.08. The molecule has 0 aliphatic heterocycles. The first-order chi connectivity index (χ1) is 13.9. The summed E-state index contributed by atoms with van der Waals surface area (Å²) in [5, 5.41) is 2.84. The molecule has 1 amide bonds. The number of pyridine rings is 1. The van der Waals surface area contributed by atoms with Gasteiger partial charge < -0.3 is 19.5 Å². The molecule has 1 N–H and O–H groups in total. The minimum absolute atomic E-state index is 0.104. The number of nitrogens with zero attached hydrogens (tertiary/aromatic N) is 1. The molecule has 0 unspecified atom stereocenters. The van der Waals surface area contributed by atoms with E-state index >= 15 is 0 Å². The highest BCUT2D eigenvalue weighted by atomic mass is 32.2. The number of amides is 1. The molecular weight excluding hydrogens is 396 g/mol. The normalized spacial score (nSPS) is 11.1. The summed E-state index contributed by atoms with van der Waals surface area (Å²) in [7, 11) is -1.63. The average molecular weight is 423 g/mol. The van der Waals surface area contributed by atoms with Gasteiger partial charge in [-0.1, -0.05) is 6.07 Å². The van der Waals surface area contributed by atoms with Crippen LogP contribution >= 0.6 is 0 Å². The smallest absolute Gasteiger partial charge is 0.220 e. The predicted molar refractivity (Wildman–Crippen MR) is 108 cm³/mol. The van der Waals surface area contributed by atoms with Gasteiger partial charge in [-0.25, -0.2) is 13.4 Å². The fraction of sp³-hybridized carbons (Fsp3) is 0.400. The third-order valence-electron chi connectivity index (χ3n) is 3.92. The van der Waals surface area contributed by atoms with Crippen LogP contribution in [0.15, 0.2) is 47.5 Å². The molecule has 9 heteroatoms. The van der Waals surface area contributed by atoms with E-state index in [-0.39, 0.29) is 10.8 Å². The second-order valence-electron chi connectivity index (χ2n) is 6.28. The highest BCUT2D eigenvalue weighted by molar-refractivity contribution is 7.90. The van der Waals surface area contributed by atoms with Gasteiger partial charge in [0.05, 0.1) is 18.1 Å². The van der Waals surface area contributed by atoms with E-state index in [1.807, 2.05) is 6.07 Å². The molecule has 0 bridgehead atoms. The van der Waals surface area contributed by atoms with Gasteiger partial charge >= 0.3 is 0 Å². The van der Waals surface area contributed by atoms with Crippen LogP contribution in [0.4, 0.5) is 0 Å². The summed E-state index contributed by atoms with van der Waals surface area (Å²) in [5.74, 6) is 0.935. The van der Waals surface area contributed by atoms with Crippen LogP contribution in [0.5, 0.6) is 11.6 Å². The number of aromatic nitrogens is 1. The molecule has 0 saturated heterocycles. The minimum atomic E-state index is -3.22. The maximum atomic E-state index is 12.0. The number of carbonyl (C=O) groups is 1. The van der Waals surface area contributed by atoms with Crippen LogP contribution in [0.3, 0.4) is 0 Å². The topological polar surface area (TPSA) is 104 Å². The van der Waals surface area contributed by atoms with Crippen molar-refractivity contribution < 1.29 is 27.4 Å². The molecule has 0 spiro atoms. The Bertz CT molecular complexity index is 884. The molecule has 0 aliphatic carbocycles. The molecule has 2 aromatic rings. The molecule has 0 saturated carbocycles. The van der Waals surface area contributed by atoms with Crippen LogP contribution in [0.2, 0.25) is 0 Å². The summed E-state index contributed by atoms with van der Waals surface area (Å²) in [6.45, 7) is 1.52. The van der Waals surface area contributed by atoms with Crippen molar-refractivity contribution in [1.29, 1.82) is 0 Å². The van der Waals surface area contributed by atoms with E-state index in [1.165, 1.54) is 12.1 Å². The lowest BCUT2D eigenvalue weighted by molar-refractivity contribution is -0.121. The van der Waals surface area contributed by atoms with Gasteiger partial charge in [-0.05, 0) is 36.8 Å². The van der Waals surface area contributed by atoms with Crippen molar-refractivity contribution >= 4 is 15.7 Å². The predicted octanol–water partition coefficient (Wildman–Crippen LogP) is 1.99. The molecule has 0 fully saturated rings. The van der Waals surface area contributed by atoms with Gasteiger partial charge in [-0.2, -0.15) is 0 Å². The second kappa shape index (κ2) is 11.4. The molecule has 158 valence electrons. The SMILES string of the molecule is COCCOc1ncccc1CNC(=O)CCCOc1ccc(S(C)(=O)=O)cc1. The quantitative estimate of drug-likeness (QED) is 0.522. The number of nitrogens with one attached hydrogen (secondary N) is 1. The molecular formula is C20H26N2O6S. The van der Waals surface area contributed by atoms with Gasteiger partial charge in [0.1, 0.15) is 12.4 Å². The Balaban J connectivity index is 1.70. The van der Waals surface area contributed by atoms with Crippen molar-refractivity contribution in [3.05, 3.63) is 48.2 Å². The Morgan fingerprint density at radius 2 is 1.83 bits per heavy atom. The Morgan fingerprint density at radius 1 is 1.07 bits per heavy atom. The Kier molecular flexibility index (Phi) is 8.88. The number of benzene rings is 1. The van der Waals surface area contributed by atoms with Crippen molar-refractivity contribution in [3.63, 3.8) is 0 Å². The number of hydrogen-bond acceptors (Lipinski definition) is 7. The third-order valence-corrected chi connectivity index (χ3v) is 5.05. The first kappa shape index (κ1) is 22.6. The summed E-state index contributed by atoms with van der Waals surface area (Å²) < 4.78 is 38.9. The molecule has 0 radical (unpaired) electrons. The standard InChI is InChI=1S/C20H26N2O6S/c1-26-13-14-28-20-16(5-3-11-21-20)15-22-19(23)6-4-12-27-17-7-9-18(10-8-17)29(2,24)25/h3,5,7-11H,4,6,12-15H2,1-2H3,(H,22,23). The highest BCUT2D eigenvalue weighted by Gasteiger charge is 2.08. The first-order valence-corrected chi connectivity index (χ1v) is 11.0. The van der Waals surface area contributed by atoms with Gasteiger partial charge in [0.15, 0.2) is 9.84 Å². The fourth-order valence-electron chi connectivity index (χ4n) is 2.40. The zero-order valence-electron chi connectivity index (χ0n) is 16.6. The molecule has 1 heterocycles. The van der Waals surface area contributed by atoms with Gasteiger partial charge in [0.25, 0.3) is 0 Å². The van der Waals surface area contributed by atoms with Crippen LogP contribution in [0.1, 0.15) is 18.4 Å². The van der Waals surface area contributed by atoms with Crippen molar-refractivity contribution in [2.45, 2.75) is 24.3 Å². The number of hydrogen-bond donors (Lipinski definition) is 1. The van der Waals surface area contributed by atoms with Gasteiger partial charge in [-0.15, -0.1) is 0 Å². The molecule has 0 atom stereocenters. The van der Waals surface area contributed by atoms with Crippen molar-refractivity contribution in [2.24, 2.45) is 0 Å². The van der Waals surface area contributed by atoms with Crippen molar-refractivity contribution in [1.82, 2.24) is 10.3 Å². The number of methoxy groups -OCH3 is 1. The molecule has 8 nitrogen and oxygen atoms in total. The summed E-state index contributed by atoms with van der Waals surface area (Å²) in [4.78, 5) is 16.5. The maximum Gasteiger partial charge on any atom is 0.220 e. The summed E-state index contributed by atoms with van der Waals surface area (Å²) in [6.07, 6.45) is 3.63. The Hall–Kier alpha value is -2.65.